The van der Waals surface area contributed by atoms with E-state index in [1.54, 1.807) is 17.4 Å². The maximum absolute atomic E-state index is 12.7. The molecule has 6 nitrogen and oxygen atoms in total. The van der Waals surface area contributed by atoms with Gasteiger partial charge in [0.15, 0.2) is 0 Å². The molecule has 2 amide bonds. The zero-order valence-electron chi connectivity index (χ0n) is 16.2. The summed E-state index contributed by atoms with van der Waals surface area (Å²) in [6, 6.07) is 17.9. The molecule has 0 bridgehead atoms. The van der Waals surface area contributed by atoms with Gasteiger partial charge in [-0.1, -0.05) is 54.6 Å². The number of nitrogens with zero attached hydrogens (tertiary/aromatic N) is 3. The van der Waals surface area contributed by atoms with E-state index in [0.717, 1.165) is 16.7 Å². The first-order valence-electron chi connectivity index (χ1n) is 9.81. The van der Waals surface area contributed by atoms with E-state index in [1.807, 2.05) is 59.3 Å². The van der Waals surface area contributed by atoms with Gasteiger partial charge in [-0.25, -0.2) is 4.98 Å². The monoisotopic (exact) mass is 388 g/mol. The summed E-state index contributed by atoms with van der Waals surface area (Å²) >= 11 is 0. The highest BCUT2D eigenvalue weighted by Gasteiger charge is 2.34. The Morgan fingerprint density at radius 3 is 2.55 bits per heavy atom. The van der Waals surface area contributed by atoms with Crippen LogP contribution in [-0.4, -0.2) is 32.8 Å². The number of carbonyl (C=O) groups excluding carboxylic acids is 2. The minimum atomic E-state index is -0.299. The number of amides is 2. The van der Waals surface area contributed by atoms with Crippen LogP contribution in [0.1, 0.15) is 23.1 Å². The molecule has 1 aliphatic heterocycles. The van der Waals surface area contributed by atoms with Gasteiger partial charge >= 0.3 is 0 Å². The van der Waals surface area contributed by atoms with E-state index >= 15 is 0 Å². The van der Waals surface area contributed by atoms with E-state index < -0.39 is 0 Å². The lowest BCUT2D eigenvalue weighted by molar-refractivity contribution is -0.129. The maximum atomic E-state index is 12.7. The molecule has 6 heteroatoms. The molecule has 1 fully saturated rings. The van der Waals surface area contributed by atoms with Crippen molar-refractivity contribution in [3.05, 3.63) is 90.0 Å². The summed E-state index contributed by atoms with van der Waals surface area (Å²) in [5.74, 6) is -0.326. The minimum absolute atomic E-state index is 0.0366. The fourth-order valence-corrected chi connectivity index (χ4v) is 3.69. The fraction of sp³-hybridized carbons (Fsp3) is 0.261. The second-order valence-electron chi connectivity index (χ2n) is 7.38. The second-order valence-corrected chi connectivity index (χ2v) is 7.38. The van der Waals surface area contributed by atoms with Gasteiger partial charge in [0.1, 0.15) is 0 Å². The number of hydrogen-bond acceptors (Lipinski definition) is 3. The summed E-state index contributed by atoms with van der Waals surface area (Å²) in [7, 11) is 0. The van der Waals surface area contributed by atoms with Gasteiger partial charge in [-0.15, -0.1) is 0 Å². The zero-order chi connectivity index (χ0) is 20.1. The number of hydrogen-bond donors (Lipinski definition) is 1. The van der Waals surface area contributed by atoms with Gasteiger partial charge in [-0.2, -0.15) is 0 Å². The third-order valence-electron chi connectivity index (χ3n) is 5.29. The van der Waals surface area contributed by atoms with Gasteiger partial charge < -0.3 is 14.8 Å². The predicted molar refractivity (Wildman–Crippen MR) is 110 cm³/mol. The molecule has 0 spiro atoms. The topological polar surface area (TPSA) is 67.2 Å². The third-order valence-corrected chi connectivity index (χ3v) is 5.29. The van der Waals surface area contributed by atoms with Crippen molar-refractivity contribution in [3.8, 4) is 0 Å². The summed E-state index contributed by atoms with van der Waals surface area (Å²) in [5.41, 5.74) is 3.29. The highest BCUT2D eigenvalue weighted by molar-refractivity contribution is 5.89. The Bertz CT molecular complexity index is 970. The molecule has 1 aromatic heterocycles. The molecule has 3 aromatic rings. The van der Waals surface area contributed by atoms with Crippen molar-refractivity contribution in [2.24, 2.45) is 5.92 Å². The van der Waals surface area contributed by atoms with E-state index in [1.165, 1.54) is 0 Å². The van der Waals surface area contributed by atoms with Gasteiger partial charge in [-0.05, 0) is 16.7 Å². The SMILES string of the molecule is O=C(NCc1ccccc1Cn1ccnc1)[C@H]1CC(=O)N(Cc2ccccc2)C1. The van der Waals surface area contributed by atoms with Gasteiger partial charge in [0.25, 0.3) is 0 Å². The molecule has 4 rings (SSSR count). The molecular formula is C23H24N4O2. The summed E-state index contributed by atoms with van der Waals surface area (Å²) in [5, 5.41) is 3.02. The molecule has 1 aliphatic rings. The van der Waals surface area contributed by atoms with Crippen LogP contribution < -0.4 is 5.32 Å². The molecule has 0 radical (unpaired) electrons. The summed E-state index contributed by atoms with van der Waals surface area (Å²) in [6.45, 7) is 2.18. The lowest BCUT2D eigenvalue weighted by Gasteiger charge is -2.17. The molecule has 2 aromatic carbocycles. The molecule has 1 saturated heterocycles. The van der Waals surface area contributed by atoms with Crippen LogP contribution in [0.3, 0.4) is 0 Å². The van der Waals surface area contributed by atoms with Crippen LogP contribution >= 0.6 is 0 Å². The molecule has 148 valence electrons. The van der Waals surface area contributed by atoms with Crippen molar-refractivity contribution < 1.29 is 9.59 Å². The van der Waals surface area contributed by atoms with Gasteiger partial charge in [0, 0.05) is 45.0 Å². The highest BCUT2D eigenvalue weighted by Crippen LogP contribution is 2.21. The summed E-state index contributed by atoms with van der Waals surface area (Å²) < 4.78 is 2.00. The number of likely N-dealkylation sites (tertiary alicyclic amines) is 1. The first-order valence-corrected chi connectivity index (χ1v) is 9.81. The van der Waals surface area contributed by atoms with Gasteiger partial charge in [0.2, 0.25) is 11.8 Å². The van der Waals surface area contributed by atoms with Crippen molar-refractivity contribution in [2.45, 2.75) is 26.1 Å². The average molecular weight is 388 g/mol. The van der Waals surface area contributed by atoms with Gasteiger partial charge in [-0.3, -0.25) is 9.59 Å². The Morgan fingerprint density at radius 1 is 1.03 bits per heavy atom. The normalized spacial score (nSPS) is 16.2. The van der Waals surface area contributed by atoms with Crippen LogP contribution in [0, 0.1) is 5.92 Å². The Morgan fingerprint density at radius 2 is 1.79 bits per heavy atom. The fourth-order valence-electron chi connectivity index (χ4n) is 3.69. The first kappa shape index (κ1) is 18.9. The second kappa shape index (κ2) is 8.73. The Balaban J connectivity index is 1.34. The molecule has 2 heterocycles. The average Bonchev–Trinajstić information content (AvgIpc) is 3.38. The summed E-state index contributed by atoms with van der Waals surface area (Å²) in [4.78, 5) is 30.9. The van der Waals surface area contributed by atoms with Crippen LogP contribution in [0.2, 0.25) is 0 Å². The van der Waals surface area contributed by atoms with Crippen LogP contribution in [0.4, 0.5) is 0 Å². The van der Waals surface area contributed by atoms with E-state index in [4.69, 9.17) is 0 Å². The largest absolute Gasteiger partial charge is 0.352 e. The minimum Gasteiger partial charge on any atom is -0.352 e. The molecule has 1 N–H and O–H groups in total. The molecule has 0 saturated carbocycles. The van der Waals surface area contributed by atoms with E-state index in [9.17, 15) is 9.59 Å². The Labute approximate surface area is 170 Å². The van der Waals surface area contributed by atoms with Crippen molar-refractivity contribution >= 4 is 11.8 Å². The molecular weight excluding hydrogens is 364 g/mol. The molecule has 1 atom stereocenters. The van der Waals surface area contributed by atoms with Crippen LogP contribution in [0.15, 0.2) is 73.3 Å². The quantitative estimate of drug-likeness (QED) is 0.677. The van der Waals surface area contributed by atoms with Crippen molar-refractivity contribution in [3.63, 3.8) is 0 Å². The lowest BCUT2D eigenvalue weighted by atomic mass is 10.1. The molecule has 0 aliphatic carbocycles. The first-order chi connectivity index (χ1) is 14.2. The number of benzene rings is 2. The van der Waals surface area contributed by atoms with E-state index in [-0.39, 0.29) is 24.2 Å². The van der Waals surface area contributed by atoms with Crippen LogP contribution in [0.5, 0.6) is 0 Å². The highest BCUT2D eigenvalue weighted by atomic mass is 16.2. The number of nitrogens with one attached hydrogen (secondary N) is 1. The maximum Gasteiger partial charge on any atom is 0.225 e. The van der Waals surface area contributed by atoms with Crippen molar-refractivity contribution in [1.29, 1.82) is 0 Å². The smallest absolute Gasteiger partial charge is 0.225 e. The number of aromatic nitrogens is 2. The number of rotatable bonds is 7. The van der Waals surface area contributed by atoms with E-state index in [0.29, 0.717) is 26.2 Å². The van der Waals surface area contributed by atoms with Gasteiger partial charge in [0.05, 0.1) is 12.2 Å². The standard InChI is InChI=1S/C23H24N4O2/c28-22-12-21(16-27(22)14-18-6-2-1-3-7-18)23(29)25-13-19-8-4-5-9-20(19)15-26-11-10-24-17-26/h1-11,17,21H,12-16H2,(H,25,29)/t21-/m0/s1. The Hall–Kier alpha value is -3.41. The predicted octanol–water partition coefficient (Wildman–Crippen LogP) is 2.60. The molecule has 0 unspecified atom stereocenters. The van der Waals surface area contributed by atoms with E-state index in [2.05, 4.69) is 16.4 Å². The lowest BCUT2D eigenvalue weighted by Crippen LogP contribution is -2.32. The van der Waals surface area contributed by atoms with Crippen molar-refractivity contribution in [2.75, 3.05) is 6.54 Å². The third kappa shape index (κ3) is 4.71. The number of carbonyl (C=O) groups is 2. The molecule has 29 heavy (non-hydrogen) atoms. The van der Waals surface area contributed by atoms with Crippen molar-refractivity contribution in [1.82, 2.24) is 19.8 Å². The van der Waals surface area contributed by atoms with Crippen LogP contribution in [-0.2, 0) is 29.2 Å². The number of imidazole rings is 1. The van der Waals surface area contributed by atoms with Crippen LogP contribution in [0.25, 0.3) is 0 Å². The zero-order valence-corrected chi connectivity index (χ0v) is 16.2. The summed E-state index contributed by atoms with van der Waals surface area (Å²) in [6.07, 6.45) is 5.72. The Kier molecular flexibility index (Phi) is 5.70.